The Morgan fingerprint density at radius 3 is 2.82 bits per heavy atom. The number of hydrogen-bond donors (Lipinski definition) is 2. The Kier molecular flexibility index (Phi) is 2.18. The molecule has 0 amide bonds. The summed E-state index contributed by atoms with van der Waals surface area (Å²) in [6.45, 7) is 0. The molecule has 1 aromatic rings. The molecule has 90 valence electrons. The van der Waals surface area contributed by atoms with Crippen LogP contribution in [0.5, 0.6) is 5.75 Å². The van der Waals surface area contributed by atoms with Gasteiger partial charge in [-0.1, -0.05) is 12.1 Å². The van der Waals surface area contributed by atoms with Crippen molar-refractivity contribution in [1.29, 1.82) is 0 Å². The van der Waals surface area contributed by atoms with Crippen LogP contribution in [0.1, 0.15) is 36.8 Å². The lowest BCUT2D eigenvalue weighted by atomic mass is 9.70. The smallest absolute Gasteiger partial charge is 0.303 e. The Hall–Kier alpha value is -1.51. The molecular weight excluding hydrogens is 216 g/mol. The van der Waals surface area contributed by atoms with Crippen LogP contribution in [0.3, 0.4) is 0 Å². The van der Waals surface area contributed by atoms with Gasteiger partial charge in [0, 0.05) is 17.4 Å². The molecule has 0 aromatic heterocycles. The predicted molar refractivity (Wildman–Crippen MR) is 63.1 cm³/mol. The number of carboxylic acid groups (broad SMARTS) is 1. The van der Waals surface area contributed by atoms with E-state index in [2.05, 4.69) is 6.07 Å². The van der Waals surface area contributed by atoms with Crippen molar-refractivity contribution in [3.63, 3.8) is 0 Å². The van der Waals surface area contributed by atoms with E-state index in [1.54, 1.807) is 6.07 Å². The van der Waals surface area contributed by atoms with Gasteiger partial charge in [-0.2, -0.15) is 0 Å². The Morgan fingerprint density at radius 2 is 2.18 bits per heavy atom. The minimum absolute atomic E-state index is 0.0304. The zero-order chi connectivity index (χ0) is 12.0. The van der Waals surface area contributed by atoms with Crippen LogP contribution in [0.2, 0.25) is 0 Å². The highest BCUT2D eigenvalue weighted by atomic mass is 16.4. The lowest BCUT2D eigenvalue weighted by Crippen LogP contribution is -2.29. The van der Waals surface area contributed by atoms with E-state index in [9.17, 15) is 9.90 Å². The normalized spacial score (nSPS) is 24.4. The first-order valence-electron chi connectivity index (χ1n) is 6.16. The number of hydrogen-bond acceptors (Lipinski definition) is 2. The lowest BCUT2D eigenvalue weighted by molar-refractivity contribution is -0.138. The number of phenolic OH excluding ortho intramolecular Hbond substituents is 1. The Bertz CT molecular complexity index is 474. The topological polar surface area (TPSA) is 57.5 Å². The second-order valence-corrected chi connectivity index (χ2v) is 5.30. The number of rotatable bonds is 2. The van der Waals surface area contributed by atoms with Crippen LogP contribution in [-0.4, -0.2) is 16.2 Å². The van der Waals surface area contributed by atoms with Gasteiger partial charge in [0.05, 0.1) is 0 Å². The molecular formula is C14H16O3. The highest BCUT2D eigenvalue weighted by Crippen LogP contribution is 2.61. The minimum Gasteiger partial charge on any atom is -0.508 e. The first-order chi connectivity index (χ1) is 8.13. The van der Waals surface area contributed by atoms with Crippen LogP contribution in [0, 0.1) is 5.92 Å². The van der Waals surface area contributed by atoms with E-state index >= 15 is 0 Å². The van der Waals surface area contributed by atoms with Crippen LogP contribution >= 0.6 is 0 Å². The fourth-order valence-electron chi connectivity index (χ4n) is 3.48. The number of aliphatic carboxylic acids is 1. The number of benzene rings is 1. The fraction of sp³-hybridized carbons (Fsp3) is 0.500. The molecule has 3 heteroatoms. The molecule has 0 radical (unpaired) electrons. The van der Waals surface area contributed by atoms with E-state index in [0.29, 0.717) is 5.75 Å². The van der Waals surface area contributed by atoms with E-state index < -0.39 is 5.97 Å². The molecule has 2 aliphatic carbocycles. The van der Waals surface area contributed by atoms with E-state index in [1.807, 2.05) is 6.07 Å². The lowest BCUT2D eigenvalue weighted by Gasteiger charge is -2.33. The molecule has 3 rings (SSSR count). The number of aromatic hydroxyl groups is 1. The van der Waals surface area contributed by atoms with Gasteiger partial charge in [-0.25, -0.2) is 0 Å². The highest BCUT2D eigenvalue weighted by molar-refractivity contribution is 5.68. The van der Waals surface area contributed by atoms with Gasteiger partial charge in [0.15, 0.2) is 0 Å². The molecule has 1 saturated carbocycles. The molecule has 0 saturated heterocycles. The summed E-state index contributed by atoms with van der Waals surface area (Å²) >= 11 is 0. The number of aryl methyl sites for hydroxylation is 1. The van der Waals surface area contributed by atoms with Crippen LogP contribution in [0.4, 0.5) is 0 Å². The molecule has 0 bridgehead atoms. The van der Waals surface area contributed by atoms with Crippen molar-refractivity contribution >= 4 is 5.97 Å². The Morgan fingerprint density at radius 1 is 1.41 bits per heavy atom. The van der Waals surface area contributed by atoms with Crippen molar-refractivity contribution in [3.8, 4) is 5.75 Å². The molecule has 1 unspecified atom stereocenters. The van der Waals surface area contributed by atoms with Gasteiger partial charge < -0.3 is 10.2 Å². The third-order valence-corrected chi connectivity index (χ3v) is 4.38. The Labute approximate surface area is 100 Å². The summed E-state index contributed by atoms with van der Waals surface area (Å²) in [5, 5.41) is 19.0. The molecule has 1 aromatic carbocycles. The molecule has 1 atom stereocenters. The number of carboxylic acids is 1. The maximum atomic E-state index is 10.9. The van der Waals surface area contributed by atoms with Crippen molar-refractivity contribution < 1.29 is 15.0 Å². The van der Waals surface area contributed by atoms with Gasteiger partial charge in [0.25, 0.3) is 0 Å². The van der Waals surface area contributed by atoms with Gasteiger partial charge in [-0.05, 0) is 43.2 Å². The van der Waals surface area contributed by atoms with Gasteiger partial charge in [0.2, 0.25) is 0 Å². The predicted octanol–water partition coefficient (Wildman–Crippen LogP) is 2.46. The largest absolute Gasteiger partial charge is 0.508 e. The van der Waals surface area contributed by atoms with E-state index in [4.69, 9.17) is 5.11 Å². The van der Waals surface area contributed by atoms with Crippen molar-refractivity contribution in [2.24, 2.45) is 5.92 Å². The van der Waals surface area contributed by atoms with Gasteiger partial charge in [0.1, 0.15) is 5.75 Å². The minimum atomic E-state index is -0.722. The molecule has 1 spiro atoms. The summed E-state index contributed by atoms with van der Waals surface area (Å²) in [7, 11) is 0. The standard InChI is InChI=1S/C14H16O3/c15-11-3-1-2-9-4-5-10(8-12(16)17)14(6-7-14)13(9)11/h1-3,10,15H,4-8H2,(H,16,17). The van der Waals surface area contributed by atoms with E-state index in [-0.39, 0.29) is 17.8 Å². The summed E-state index contributed by atoms with van der Waals surface area (Å²) in [6, 6.07) is 5.66. The third-order valence-electron chi connectivity index (χ3n) is 4.38. The van der Waals surface area contributed by atoms with Crippen molar-refractivity contribution in [2.45, 2.75) is 37.5 Å². The molecule has 3 nitrogen and oxygen atoms in total. The average molecular weight is 232 g/mol. The quantitative estimate of drug-likeness (QED) is 0.823. The second kappa shape index (κ2) is 3.49. The SMILES string of the molecule is O=C(O)CC1CCc2cccc(O)c2C12CC2. The molecule has 2 N–H and O–H groups in total. The zero-order valence-electron chi connectivity index (χ0n) is 9.65. The van der Waals surface area contributed by atoms with Crippen LogP contribution in [0.25, 0.3) is 0 Å². The summed E-state index contributed by atoms with van der Waals surface area (Å²) < 4.78 is 0. The highest BCUT2D eigenvalue weighted by Gasteiger charge is 2.54. The summed E-state index contributed by atoms with van der Waals surface area (Å²) in [4.78, 5) is 10.9. The summed E-state index contributed by atoms with van der Waals surface area (Å²) in [5.41, 5.74) is 2.22. The van der Waals surface area contributed by atoms with Gasteiger partial charge in [-0.3, -0.25) is 4.79 Å². The Balaban J connectivity index is 2.03. The first-order valence-corrected chi connectivity index (χ1v) is 6.16. The third kappa shape index (κ3) is 1.53. The van der Waals surface area contributed by atoms with E-state index in [0.717, 1.165) is 31.2 Å². The molecule has 0 heterocycles. The average Bonchev–Trinajstić information content (AvgIpc) is 3.03. The first kappa shape index (κ1) is 10.6. The second-order valence-electron chi connectivity index (χ2n) is 5.30. The van der Waals surface area contributed by atoms with Crippen LogP contribution in [-0.2, 0) is 16.6 Å². The zero-order valence-corrected chi connectivity index (χ0v) is 9.65. The van der Waals surface area contributed by atoms with Crippen molar-refractivity contribution in [2.75, 3.05) is 0 Å². The number of fused-ring (bicyclic) bond motifs is 2. The fourth-order valence-corrected chi connectivity index (χ4v) is 3.48. The maximum Gasteiger partial charge on any atom is 0.303 e. The van der Waals surface area contributed by atoms with Crippen LogP contribution < -0.4 is 0 Å². The molecule has 17 heavy (non-hydrogen) atoms. The molecule has 1 fully saturated rings. The van der Waals surface area contributed by atoms with Gasteiger partial charge in [-0.15, -0.1) is 0 Å². The number of phenols is 1. The van der Waals surface area contributed by atoms with Crippen molar-refractivity contribution in [3.05, 3.63) is 29.3 Å². The monoisotopic (exact) mass is 232 g/mol. The molecule has 0 aliphatic heterocycles. The number of carbonyl (C=O) groups is 1. The molecule has 2 aliphatic rings. The van der Waals surface area contributed by atoms with Crippen LogP contribution in [0.15, 0.2) is 18.2 Å². The summed E-state index contributed by atoms with van der Waals surface area (Å²) in [5.74, 6) is -0.170. The maximum absolute atomic E-state index is 10.9. The summed E-state index contributed by atoms with van der Waals surface area (Å²) in [6.07, 6.45) is 4.10. The van der Waals surface area contributed by atoms with Crippen molar-refractivity contribution in [1.82, 2.24) is 0 Å². The van der Waals surface area contributed by atoms with Gasteiger partial charge >= 0.3 is 5.97 Å². The van der Waals surface area contributed by atoms with E-state index in [1.165, 1.54) is 5.56 Å².